The summed E-state index contributed by atoms with van der Waals surface area (Å²) >= 11 is 0. The Kier molecular flexibility index (Phi) is 6.45. The van der Waals surface area contributed by atoms with E-state index in [1.807, 2.05) is 0 Å². The van der Waals surface area contributed by atoms with Crippen LogP contribution in [0.2, 0.25) is 0 Å². The molecule has 1 amide bonds. The quantitative estimate of drug-likeness (QED) is 0.756. The van der Waals surface area contributed by atoms with E-state index in [0.29, 0.717) is 17.2 Å². The molecule has 0 heterocycles. The molecule has 27 heavy (non-hydrogen) atoms. The van der Waals surface area contributed by atoms with E-state index in [-0.39, 0.29) is 17.4 Å². The zero-order valence-corrected chi connectivity index (χ0v) is 16.6. The molecule has 8 heteroatoms. The molecule has 0 aliphatic rings. The summed E-state index contributed by atoms with van der Waals surface area (Å²) in [6.07, 6.45) is 0. The van der Waals surface area contributed by atoms with Crippen molar-refractivity contribution in [1.82, 2.24) is 4.72 Å². The van der Waals surface area contributed by atoms with Gasteiger partial charge in [0.05, 0.1) is 12.0 Å². The molecular weight excluding hydrogens is 368 g/mol. The molecule has 0 saturated heterocycles. The van der Waals surface area contributed by atoms with Gasteiger partial charge in [-0.2, -0.15) is 0 Å². The topological polar surface area (TPSA) is 93.7 Å². The van der Waals surface area contributed by atoms with E-state index < -0.39 is 15.6 Å². The molecule has 146 valence electrons. The summed E-state index contributed by atoms with van der Waals surface area (Å²) in [6, 6.07) is 12.9. The number of carbonyl (C=O) groups is 1. The van der Waals surface area contributed by atoms with Crippen molar-refractivity contribution in [3.63, 3.8) is 0 Å². The van der Waals surface area contributed by atoms with Crippen molar-refractivity contribution < 1.29 is 22.7 Å². The van der Waals surface area contributed by atoms with E-state index in [4.69, 9.17) is 9.47 Å². The van der Waals surface area contributed by atoms with Crippen LogP contribution in [-0.4, -0.2) is 33.6 Å². The summed E-state index contributed by atoms with van der Waals surface area (Å²) in [6.45, 7) is 5.09. The van der Waals surface area contributed by atoms with Gasteiger partial charge in [0.25, 0.3) is 5.91 Å². The maximum Gasteiger partial charge on any atom is 0.262 e. The number of sulfonamides is 1. The van der Waals surface area contributed by atoms with Crippen molar-refractivity contribution >= 4 is 21.6 Å². The number of nitrogens with one attached hydrogen (secondary N) is 2. The molecule has 0 saturated carbocycles. The van der Waals surface area contributed by atoms with Gasteiger partial charge in [-0.15, -0.1) is 0 Å². The van der Waals surface area contributed by atoms with Crippen LogP contribution in [-0.2, 0) is 14.8 Å². The third kappa shape index (κ3) is 6.26. The number of methoxy groups -OCH3 is 1. The minimum Gasteiger partial charge on any atom is -0.493 e. The molecular formula is C19H24N2O5S. The summed E-state index contributed by atoms with van der Waals surface area (Å²) in [4.78, 5) is 12.2. The zero-order valence-electron chi connectivity index (χ0n) is 15.8. The number of benzene rings is 2. The lowest BCUT2D eigenvalue weighted by Gasteiger charge is -2.20. The highest BCUT2D eigenvalue weighted by Crippen LogP contribution is 2.25. The van der Waals surface area contributed by atoms with Crippen LogP contribution in [0.4, 0.5) is 5.69 Å². The molecule has 0 bridgehead atoms. The molecule has 0 aliphatic carbocycles. The normalized spacial score (nSPS) is 11.7. The average molecular weight is 392 g/mol. The van der Waals surface area contributed by atoms with Crippen LogP contribution >= 0.6 is 0 Å². The predicted octanol–water partition coefficient (Wildman–Crippen LogP) is 2.79. The summed E-state index contributed by atoms with van der Waals surface area (Å²) in [7, 11) is -2.10. The maximum atomic E-state index is 12.3. The fourth-order valence-corrected chi connectivity index (χ4v) is 3.68. The van der Waals surface area contributed by atoms with Crippen LogP contribution in [0.3, 0.4) is 0 Å². The highest BCUT2D eigenvalue weighted by atomic mass is 32.2. The molecule has 0 unspecified atom stereocenters. The number of anilines is 1. The van der Waals surface area contributed by atoms with Gasteiger partial charge < -0.3 is 14.8 Å². The number of hydrogen-bond acceptors (Lipinski definition) is 5. The Morgan fingerprint density at radius 2 is 1.59 bits per heavy atom. The number of carbonyl (C=O) groups excluding carboxylic acids is 1. The lowest BCUT2D eigenvalue weighted by molar-refractivity contribution is -0.118. The highest BCUT2D eigenvalue weighted by Gasteiger charge is 2.21. The largest absolute Gasteiger partial charge is 0.493 e. The third-order valence-electron chi connectivity index (χ3n) is 3.32. The monoisotopic (exact) mass is 392 g/mol. The summed E-state index contributed by atoms with van der Waals surface area (Å²) in [5.41, 5.74) is -0.111. The Morgan fingerprint density at radius 3 is 2.15 bits per heavy atom. The Balaban J connectivity index is 1.97. The smallest absolute Gasteiger partial charge is 0.262 e. The van der Waals surface area contributed by atoms with Crippen molar-refractivity contribution in [3.8, 4) is 11.5 Å². The fraction of sp³-hybridized carbons (Fsp3) is 0.316. The van der Waals surface area contributed by atoms with Gasteiger partial charge in [-0.3, -0.25) is 4.79 Å². The maximum absolute atomic E-state index is 12.3. The van der Waals surface area contributed by atoms with Crippen molar-refractivity contribution in [2.45, 2.75) is 31.2 Å². The van der Waals surface area contributed by atoms with Crippen molar-refractivity contribution in [2.24, 2.45) is 0 Å². The molecule has 2 rings (SSSR count). The molecule has 2 aromatic rings. The Labute approximate surface area is 159 Å². The van der Waals surface area contributed by atoms with E-state index in [0.717, 1.165) is 0 Å². The third-order valence-corrected chi connectivity index (χ3v) is 5.09. The van der Waals surface area contributed by atoms with Crippen LogP contribution in [0.25, 0.3) is 0 Å². The van der Waals surface area contributed by atoms with Crippen LogP contribution < -0.4 is 19.5 Å². The Bertz CT molecular complexity index is 887. The van der Waals surface area contributed by atoms with Gasteiger partial charge in [0.15, 0.2) is 18.1 Å². The Morgan fingerprint density at radius 1 is 1.00 bits per heavy atom. The van der Waals surface area contributed by atoms with Gasteiger partial charge in [-0.05, 0) is 57.2 Å². The predicted molar refractivity (Wildman–Crippen MR) is 104 cm³/mol. The van der Waals surface area contributed by atoms with Crippen LogP contribution in [0.15, 0.2) is 53.4 Å². The summed E-state index contributed by atoms with van der Waals surface area (Å²) in [5.74, 6) is 0.625. The van der Waals surface area contributed by atoms with Crippen molar-refractivity contribution in [3.05, 3.63) is 48.5 Å². The van der Waals surface area contributed by atoms with Gasteiger partial charge in [-0.25, -0.2) is 13.1 Å². The van der Waals surface area contributed by atoms with E-state index in [2.05, 4.69) is 10.0 Å². The van der Waals surface area contributed by atoms with E-state index in [9.17, 15) is 13.2 Å². The van der Waals surface area contributed by atoms with E-state index in [1.165, 1.54) is 31.4 Å². The Hall–Kier alpha value is -2.58. The second kappa shape index (κ2) is 8.41. The molecule has 2 aromatic carbocycles. The number of ether oxygens (including phenoxy) is 2. The van der Waals surface area contributed by atoms with Gasteiger partial charge in [-0.1, -0.05) is 12.1 Å². The first-order chi connectivity index (χ1) is 12.6. The number of amides is 1. The number of para-hydroxylation sites is 2. The average Bonchev–Trinajstić information content (AvgIpc) is 2.58. The molecule has 0 spiro atoms. The first-order valence-electron chi connectivity index (χ1n) is 8.30. The number of rotatable bonds is 7. The van der Waals surface area contributed by atoms with Crippen molar-refractivity contribution in [1.29, 1.82) is 0 Å². The number of hydrogen-bond donors (Lipinski definition) is 2. The standard InChI is InChI=1S/C19H24N2O5S/c1-19(2,3)21-27(23,24)15-11-9-14(10-12-15)20-18(22)13-26-17-8-6-5-7-16(17)25-4/h5-12,21H,13H2,1-4H3,(H,20,22). The minimum absolute atomic E-state index is 0.126. The molecule has 0 aliphatic heterocycles. The highest BCUT2D eigenvalue weighted by molar-refractivity contribution is 7.89. The van der Waals surface area contributed by atoms with Gasteiger partial charge >= 0.3 is 0 Å². The molecule has 2 N–H and O–H groups in total. The fourth-order valence-electron chi connectivity index (χ4n) is 2.26. The first-order valence-corrected chi connectivity index (χ1v) is 9.79. The van der Waals surface area contributed by atoms with Gasteiger partial charge in [0.1, 0.15) is 0 Å². The van der Waals surface area contributed by atoms with E-state index >= 15 is 0 Å². The first kappa shape index (κ1) is 20.7. The lowest BCUT2D eigenvalue weighted by atomic mass is 10.1. The molecule has 7 nitrogen and oxygen atoms in total. The van der Waals surface area contributed by atoms with E-state index in [1.54, 1.807) is 45.0 Å². The summed E-state index contributed by atoms with van der Waals surface area (Å²) < 4.78 is 37.7. The molecule has 0 radical (unpaired) electrons. The van der Waals surface area contributed by atoms with Crippen LogP contribution in [0.1, 0.15) is 20.8 Å². The lowest BCUT2D eigenvalue weighted by Crippen LogP contribution is -2.40. The van der Waals surface area contributed by atoms with Gasteiger partial charge in [0.2, 0.25) is 10.0 Å². The van der Waals surface area contributed by atoms with Crippen LogP contribution in [0.5, 0.6) is 11.5 Å². The van der Waals surface area contributed by atoms with Crippen LogP contribution in [0, 0.1) is 0 Å². The second-order valence-electron chi connectivity index (χ2n) is 6.87. The molecule has 0 aromatic heterocycles. The summed E-state index contributed by atoms with van der Waals surface area (Å²) in [5, 5.41) is 2.66. The second-order valence-corrected chi connectivity index (χ2v) is 8.55. The van der Waals surface area contributed by atoms with Gasteiger partial charge in [0, 0.05) is 11.2 Å². The minimum atomic E-state index is -3.62. The molecule has 0 fully saturated rings. The zero-order chi connectivity index (χ0) is 20.1. The van der Waals surface area contributed by atoms with Crippen molar-refractivity contribution in [2.75, 3.05) is 19.0 Å². The molecule has 0 atom stereocenters. The SMILES string of the molecule is COc1ccccc1OCC(=O)Nc1ccc(S(=O)(=O)NC(C)(C)C)cc1.